The van der Waals surface area contributed by atoms with Crippen LogP contribution in [-0.2, 0) is 11.4 Å². The van der Waals surface area contributed by atoms with E-state index in [0.717, 1.165) is 24.0 Å². The van der Waals surface area contributed by atoms with Crippen molar-refractivity contribution >= 4 is 23.7 Å². The van der Waals surface area contributed by atoms with Crippen molar-refractivity contribution in [2.45, 2.75) is 123 Å². The molecule has 2 aromatic rings. The van der Waals surface area contributed by atoms with E-state index < -0.39 is 0 Å². The Morgan fingerprint density at radius 1 is 0.750 bits per heavy atom. The van der Waals surface area contributed by atoms with Gasteiger partial charge in [0.15, 0.2) is 11.5 Å². The summed E-state index contributed by atoms with van der Waals surface area (Å²) in [4.78, 5) is 12.2. The molecule has 0 unspecified atom stereocenters. The summed E-state index contributed by atoms with van der Waals surface area (Å²) in [5.41, 5.74) is 4.50. The average Bonchev–Trinajstić information content (AvgIpc) is 2.95. The van der Waals surface area contributed by atoms with Crippen LogP contribution in [0.15, 0.2) is 47.6 Å². The summed E-state index contributed by atoms with van der Waals surface area (Å²) in [6.45, 7) is 5.15. The Kier molecular flexibility index (Phi) is 18.7. The minimum absolute atomic E-state index is 0.0427. The molecule has 6 heteroatoms. The number of hydrogen-bond acceptors (Lipinski definition) is 4. The lowest BCUT2D eigenvalue weighted by atomic mass is 10.0. The zero-order valence-corrected chi connectivity index (χ0v) is 25.7. The minimum atomic E-state index is -0.0427. The highest BCUT2D eigenvalue weighted by Crippen LogP contribution is 2.29. The predicted molar refractivity (Wildman–Crippen MR) is 169 cm³/mol. The number of ether oxygens (including phenoxy) is 2. The molecule has 0 bridgehead atoms. The molecule has 2 rings (SSSR count). The van der Waals surface area contributed by atoms with Gasteiger partial charge in [0, 0.05) is 11.4 Å². The van der Waals surface area contributed by atoms with E-state index in [0.29, 0.717) is 36.2 Å². The summed E-state index contributed by atoms with van der Waals surface area (Å²) < 4.78 is 11.7. The highest BCUT2D eigenvalue weighted by Gasteiger charge is 2.07. The van der Waals surface area contributed by atoms with Crippen molar-refractivity contribution in [2.75, 3.05) is 6.61 Å². The molecular formula is C34H51ClN2O3. The van der Waals surface area contributed by atoms with Gasteiger partial charge in [-0.05, 0) is 54.8 Å². The van der Waals surface area contributed by atoms with Crippen LogP contribution in [0.25, 0.3) is 0 Å². The van der Waals surface area contributed by atoms with Crippen molar-refractivity contribution in [1.29, 1.82) is 0 Å². The Morgan fingerprint density at radius 3 is 1.90 bits per heavy atom. The molecule has 1 amide bonds. The van der Waals surface area contributed by atoms with E-state index in [1.54, 1.807) is 6.21 Å². The number of carbonyl (C=O) groups is 1. The third-order valence-corrected chi connectivity index (χ3v) is 7.24. The Labute approximate surface area is 248 Å². The van der Waals surface area contributed by atoms with Crippen LogP contribution in [0, 0.1) is 0 Å². The quantitative estimate of drug-likeness (QED) is 0.0821. The van der Waals surface area contributed by atoms with Gasteiger partial charge in [-0.1, -0.05) is 121 Å². The molecule has 0 heterocycles. The van der Waals surface area contributed by atoms with E-state index in [1.807, 2.05) is 49.4 Å². The van der Waals surface area contributed by atoms with E-state index in [2.05, 4.69) is 17.5 Å². The second kappa shape index (κ2) is 22.2. The van der Waals surface area contributed by atoms with Gasteiger partial charge in [-0.2, -0.15) is 5.10 Å². The van der Waals surface area contributed by atoms with Crippen molar-refractivity contribution in [3.8, 4) is 11.5 Å². The van der Waals surface area contributed by atoms with Gasteiger partial charge >= 0.3 is 0 Å². The lowest BCUT2D eigenvalue weighted by Crippen LogP contribution is -2.16. The lowest BCUT2D eigenvalue weighted by molar-refractivity contribution is -0.121. The smallest absolute Gasteiger partial charge is 0.240 e. The Morgan fingerprint density at radius 2 is 1.32 bits per heavy atom. The van der Waals surface area contributed by atoms with Gasteiger partial charge in [-0.15, -0.1) is 0 Å². The van der Waals surface area contributed by atoms with E-state index in [4.69, 9.17) is 21.1 Å². The van der Waals surface area contributed by atoms with Crippen LogP contribution in [0.2, 0.25) is 5.02 Å². The van der Waals surface area contributed by atoms with Crippen LogP contribution in [0.3, 0.4) is 0 Å². The van der Waals surface area contributed by atoms with Crippen molar-refractivity contribution in [2.24, 2.45) is 5.10 Å². The normalized spacial score (nSPS) is 11.2. The first-order valence-electron chi connectivity index (χ1n) is 15.6. The number of carbonyl (C=O) groups excluding carboxylic acids is 1. The van der Waals surface area contributed by atoms with E-state index in [1.165, 1.54) is 83.5 Å². The van der Waals surface area contributed by atoms with Gasteiger partial charge in [-0.3, -0.25) is 4.79 Å². The summed E-state index contributed by atoms with van der Waals surface area (Å²) in [6, 6.07) is 13.2. The summed E-state index contributed by atoms with van der Waals surface area (Å²) in [6.07, 6.45) is 21.9. The SMILES string of the molecule is CCCCCCCCCCCCCCCCCC(=O)N/N=C/c1ccc(OCc2ccc(Cl)cc2)c(OCC)c1. The van der Waals surface area contributed by atoms with Crippen LogP contribution in [0.5, 0.6) is 11.5 Å². The Balaban J connectivity index is 1.54. The topological polar surface area (TPSA) is 59.9 Å². The van der Waals surface area contributed by atoms with Gasteiger partial charge in [0.1, 0.15) is 6.61 Å². The second-order valence-electron chi connectivity index (χ2n) is 10.5. The highest BCUT2D eigenvalue weighted by molar-refractivity contribution is 6.30. The molecule has 1 N–H and O–H groups in total. The van der Waals surface area contributed by atoms with E-state index in [-0.39, 0.29) is 5.91 Å². The molecule has 0 spiro atoms. The molecule has 2 aromatic carbocycles. The monoisotopic (exact) mass is 570 g/mol. The van der Waals surface area contributed by atoms with E-state index >= 15 is 0 Å². The number of hydrogen-bond donors (Lipinski definition) is 1. The summed E-state index contributed by atoms with van der Waals surface area (Å²) in [5, 5.41) is 4.83. The van der Waals surface area contributed by atoms with Crippen molar-refractivity contribution in [3.63, 3.8) is 0 Å². The molecule has 0 saturated heterocycles. The average molecular weight is 571 g/mol. The standard InChI is InChI=1S/C34H51ClN2O3/c1-3-5-6-7-8-9-10-11-12-13-14-15-16-17-18-19-34(38)37-36-27-30-22-25-32(33(26-30)39-4-2)40-28-29-20-23-31(35)24-21-29/h20-27H,3-19,28H2,1-2H3,(H,37,38)/b36-27+. The molecule has 0 fully saturated rings. The summed E-state index contributed by atoms with van der Waals surface area (Å²) in [7, 11) is 0. The largest absolute Gasteiger partial charge is 0.490 e. The fraction of sp³-hybridized carbons (Fsp3) is 0.588. The van der Waals surface area contributed by atoms with Gasteiger partial charge in [-0.25, -0.2) is 5.43 Å². The van der Waals surface area contributed by atoms with Crippen molar-refractivity contribution in [1.82, 2.24) is 5.43 Å². The number of halogens is 1. The number of hydrazone groups is 1. The van der Waals surface area contributed by atoms with Crippen LogP contribution in [-0.4, -0.2) is 18.7 Å². The number of unbranched alkanes of at least 4 members (excludes halogenated alkanes) is 14. The first kappa shape index (κ1) is 33.7. The number of benzene rings is 2. The van der Waals surface area contributed by atoms with Gasteiger partial charge < -0.3 is 9.47 Å². The van der Waals surface area contributed by atoms with Crippen LogP contribution in [0.1, 0.15) is 128 Å². The summed E-state index contributed by atoms with van der Waals surface area (Å²) in [5.74, 6) is 1.26. The van der Waals surface area contributed by atoms with Crippen LogP contribution in [0.4, 0.5) is 0 Å². The Bertz CT molecular complexity index is 962. The van der Waals surface area contributed by atoms with Gasteiger partial charge in [0.05, 0.1) is 12.8 Å². The number of rotatable bonds is 23. The first-order chi connectivity index (χ1) is 19.6. The number of nitrogens with one attached hydrogen (secondary N) is 1. The molecule has 5 nitrogen and oxygen atoms in total. The second-order valence-corrected chi connectivity index (χ2v) is 11.0. The molecule has 0 saturated carbocycles. The molecule has 0 aliphatic carbocycles. The van der Waals surface area contributed by atoms with Gasteiger partial charge in [0.25, 0.3) is 0 Å². The minimum Gasteiger partial charge on any atom is -0.490 e. The molecule has 0 radical (unpaired) electrons. The Hall–Kier alpha value is -2.53. The maximum absolute atomic E-state index is 12.2. The van der Waals surface area contributed by atoms with Crippen LogP contribution >= 0.6 is 11.6 Å². The number of amides is 1. The highest BCUT2D eigenvalue weighted by atomic mass is 35.5. The van der Waals surface area contributed by atoms with Gasteiger partial charge in [0.2, 0.25) is 5.91 Å². The molecule has 40 heavy (non-hydrogen) atoms. The van der Waals surface area contributed by atoms with Crippen molar-refractivity contribution in [3.05, 3.63) is 58.6 Å². The number of nitrogens with zero attached hydrogens (tertiary/aromatic N) is 1. The third kappa shape index (κ3) is 15.9. The molecule has 222 valence electrons. The molecular weight excluding hydrogens is 520 g/mol. The zero-order chi connectivity index (χ0) is 28.7. The molecule has 0 aliphatic rings. The van der Waals surface area contributed by atoms with E-state index in [9.17, 15) is 4.79 Å². The maximum atomic E-state index is 12.2. The predicted octanol–water partition coefficient (Wildman–Crippen LogP) is 10.0. The molecule has 0 atom stereocenters. The fourth-order valence-corrected chi connectivity index (χ4v) is 4.75. The van der Waals surface area contributed by atoms with Crippen molar-refractivity contribution < 1.29 is 14.3 Å². The molecule has 0 aliphatic heterocycles. The first-order valence-corrected chi connectivity index (χ1v) is 16.0. The lowest BCUT2D eigenvalue weighted by Gasteiger charge is -2.12. The zero-order valence-electron chi connectivity index (χ0n) is 24.9. The third-order valence-electron chi connectivity index (χ3n) is 6.99. The van der Waals surface area contributed by atoms with Crippen LogP contribution < -0.4 is 14.9 Å². The maximum Gasteiger partial charge on any atom is 0.240 e. The fourth-order valence-electron chi connectivity index (χ4n) is 4.63. The summed E-state index contributed by atoms with van der Waals surface area (Å²) >= 11 is 5.95. The molecule has 0 aromatic heterocycles.